The molecule has 1 saturated heterocycles. The van der Waals surface area contributed by atoms with E-state index in [1.54, 1.807) is 16.8 Å². The molecule has 1 aliphatic heterocycles. The Balaban J connectivity index is 1.43. The first-order valence-electron chi connectivity index (χ1n) is 11.8. The van der Waals surface area contributed by atoms with E-state index in [1.807, 2.05) is 6.07 Å². The first-order chi connectivity index (χ1) is 15.5. The number of hydrogen-bond donors (Lipinski definition) is 1. The summed E-state index contributed by atoms with van der Waals surface area (Å²) in [5, 5.41) is 13.6. The second-order valence-electron chi connectivity index (χ2n) is 9.48. The van der Waals surface area contributed by atoms with Crippen molar-refractivity contribution in [2.75, 3.05) is 18.4 Å². The van der Waals surface area contributed by atoms with E-state index in [1.165, 1.54) is 11.1 Å². The molecular formula is C25H30N6O. The van der Waals surface area contributed by atoms with Gasteiger partial charge in [-0.15, -0.1) is 0 Å². The highest BCUT2D eigenvalue weighted by molar-refractivity contribution is 5.77. The molecule has 3 aliphatic rings. The molecule has 2 fully saturated rings. The number of nitrogens with zero attached hydrogens (tertiary/aromatic N) is 5. The molecule has 32 heavy (non-hydrogen) atoms. The summed E-state index contributed by atoms with van der Waals surface area (Å²) < 4.78 is 1.74. The lowest BCUT2D eigenvalue weighted by molar-refractivity contribution is 0.230. The van der Waals surface area contributed by atoms with Gasteiger partial charge in [0.25, 0.3) is 5.56 Å². The highest BCUT2D eigenvalue weighted by Crippen LogP contribution is 2.31. The van der Waals surface area contributed by atoms with Gasteiger partial charge in [0.1, 0.15) is 17.3 Å². The quantitative estimate of drug-likeness (QED) is 0.791. The molecule has 1 saturated carbocycles. The van der Waals surface area contributed by atoms with Crippen LogP contribution in [0.1, 0.15) is 64.0 Å². The van der Waals surface area contributed by atoms with Crippen LogP contribution in [0.3, 0.4) is 0 Å². The number of nitrogens with one attached hydrogen (secondary N) is 1. The van der Waals surface area contributed by atoms with Gasteiger partial charge in [0.05, 0.1) is 6.04 Å². The number of anilines is 1. The van der Waals surface area contributed by atoms with Gasteiger partial charge in [-0.05, 0) is 56.7 Å². The van der Waals surface area contributed by atoms with Gasteiger partial charge in [-0.2, -0.15) is 10.2 Å². The Kier molecular flexibility index (Phi) is 5.56. The molecule has 2 aromatic rings. The summed E-state index contributed by atoms with van der Waals surface area (Å²) in [4.78, 5) is 24.8. The number of likely N-dealkylation sites (tertiary alicyclic amines) is 1. The smallest absolute Gasteiger partial charge is 0.270 e. The van der Waals surface area contributed by atoms with Crippen molar-refractivity contribution in [2.24, 2.45) is 0 Å². The zero-order chi connectivity index (χ0) is 22.2. The number of piperidine rings is 1. The van der Waals surface area contributed by atoms with Crippen LogP contribution in [0.5, 0.6) is 0 Å². The van der Waals surface area contributed by atoms with Crippen molar-refractivity contribution in [3.05, 3.63) is 51.5 Å². The third-order valence-electron chi connectivity index (χ3n) is 7.10. The summed E-state index contributed by atoms with van der Waals surface area (Å²) >= 11 is 0. The first kappa shape index (κ1) is 20.9. The van der Waals surface area contributed by atoms with Gasteiger partial charge < -0.3 is 5.32 Å². The van der Waals surface area contributed by atoms with Crippen LogP contribution in [0.25, 0.3) is 11.0 Å². The molecule has 1 atom stereocenters. The number of aromatic nitrogens is 3. The molecule has 166 valence electrons. The van der Waals surface area contributed by atoms with E-state index in [0.717, 1.165) is 57.0 Å². The summed E-state index contributed by atoms with van der Waals surface area (Å²) in [7, 11) is 0. The van der Waals surface area contributed by atoms with Crippen LogP contribution in [0.2, 0.25) is 0 Å². The summed E-state index contributed by atoms with van der Waals surface area (Å²) in [6.45, 7) is 6.63. The van der Waals surface area contributed by atoms with E-state index >= 15 is 0 Å². The number of pyridine rings is 1. The van der Waals surface area contributed by atoms with Gasteiger partial charge in [-0.3, -0.25) is 14.3 Å². The second-order valence-corrected chi connectivity index (χ2v) is 9.48. The zero-order valence-electron chi connectivity index (χ0n) is 18.8. The topological polar surface area (TPSA) is 86.8 Å². The van der Waals surface area contributed by atoms with E-state index in [2.05, 4.69) is 41.2 Å². The van der Waals surface area contributed by atoms with Crippen LogP contribution in [-0.2, 0) is 0 Å². The predicted molar refractivity (Wildman–Crippen MR) is 126 cm³/mol. The fourth-order valence-electron chi connectivity index (χ4n) is 5.27. The van der Waals surface area contributed by atoms with E-state index in [0.29, 0.717) is 17.6 Å². The van der Waals surface area contributed by atoms with Crippen LogP contribution < -0.4 is 10.9 Å². The zero-order valence-corrected chi connectivity index (χ0v) is 18.8. The van der Waals surface area contributed by atoms with Gasteiger partial charge in [-0.25, -0.2) is 4.98 Å². The Morgan fingerprint density at radius 1 is 1.25 bits per heavy atom. The van der Waals surface area contributed by atoms with E-state index in [-0.39, 0.29) is 23.2 Å². The minimum atomic E-state index is -0.235. The van der Waals surface area contributed by atoms with Crippen molar-refractivity contribution in [3.63, 3.8) is 0 Å². The lowest BCUT2D eigenvalue weighted by Crippen LogP contribution is -2.38. The van der Waals surface area contributed by atoms with Crippen molar-refractivity contribution >= 4 is 17.0 Å². The number of nitriles is 1. The van der Waals surface area contributed by atoms with Crippen LogP contribution >= 0.6 is 0 Å². The maximum atomic E-state index is 13.0. The monoisotopic (exact) mass is 430 g/mol. The van der Waals surface area contributed by atoms with Crippen molar-refractivity contribution in [2.45, 2.75) is 70.5 Å². The Morgan fingerprint density at radius 3 is 2.81 bits per heavy atom. The molecule has 5 rings (SSSR count). The van der Waals surface area contributed by atoms with E-state index < -0.39 is 0 Å². The molecule has 0 amide bonds. The Morgan fingerprint density at radius 2 is 2.06 bits per heavy atom. The molecule has 7 nitrogen and oxygen atoms in total. The van der Waals surface area contributed by atoms with Crippen LogP contribution in [-0.4, -0.2) is 44.6 Å². The molecule has 0 spiro atoms. The largest absolute Gasteiger partial charge is 0.348 e. The molecule has 2 aromatic heterocycles. The minimum absolute atomic E-state index is 0.106. The maximum Gasteiger partial charge on any atom is 0.270 e. The molecular weight excluding hydrogens is 400 g/mol. The summed E-state index contributed by atoms with van der Waals surface area (Å²) in [6.07, 6.45) is 12.5. The summed E-state index contributed by atoms with van der Waals surface area (Å²) in [5.41, 5.74) is 3.43. The fourth-order valence-corrected chi connectivity index (χ4v) is 5.27. The SMILES string of the molecule is CC(C)N1CCC2=CC(Nc3ncc4cc(C#N)c(=O)n(C5CCCC5)c4n3)CC=C2C1. The number of rotatable bonds is 4. The number of fused-ring (bicyclic) bond motifs is 2. The van der Waals surface area contributed by atoms with Gasteiger partial charge >= 0.3 is 0 Å². The van der Waals surface area contributed by atoms with Crippen molar-refractivity contribution in [1.29, 1.82) is 5.26 Å². The van der Waals surface area contributed by atoms with Crippen LogP contribution in [0.4, 0.5) is 5.95 Å². The summed E-state index contributed by atoms with van der Waals surface area (Å²) in [6, 6.07) is 4.48. The van der Waals surface area contributed by atoms with Crippen molar-refractivity contribution in [1.82, 2.24) is 19.4 Å². The van der Waals surface area contributed by atoms with E-state index in [9.17, 15) is 10.1 Å². The van der Waals surface area contributed by atoms with Crippen LogP contribution in [0.15, 0.2) is 40.4 Å². The molecule has 0 aromatic carbocycles. The minimum Gasteiger partial charge on any atom is -0.348 e. The lowest BCUT2D eigenvalue weighted by atomic mass is 9.89. The summed E-state index contributed by atoms with van der Waals surface area (Å²) in [5.74, 6) is 0.534. The highest BCUT2D eigenvalue weighted by atomic mass is 16.1. The van der Waals surface area contributed by atoms with Crippen molar-refractivity contribution < 1.29 is 0 Å². The molecule has 1 N–H and O–H groups in total. The van der Waals surface area contributed by atoms with Gasteiger partial charge in [-0.1, -0.05) is 25.0 Å². The Labute approximate surface area is 188 Å². The molecule has 0 radical (unpaired) electrons. The highest BCUT2D eigenvalue weighted by Gasteiger charge is 2.25. The third-order valence-corrected chi connectivity index (χ3v) is 7.10. The van der Waals surface area contributed by atoms with E-state index in [4.69, 9.17) is 4.98 Å². The predicted octanol–water partition coefficient (Wildman–Crippen LogP) is 3.93. The first-order valence-corrected chi connectivity index (χ1v) is 11.8. The molecule has 7 heteroatoms. The van der Waals surface area contributed by atoms with Gasteiger partial charge in [0, 0.05) is 36.8 Å². The Bertz CT molecular complexity index is 1200. The normalized spacial score (nSPS) is 21.9. The molecule has 0 bridgehead atoms. The average molecular weight is 431 g/mol. The van der Waals surface area contributed by atoms with Gasteiger partial charge in [0.15, 0.2) is 0 Å². The second kappa shape index (κ2) is 8.51. The molecule has 3 heterocycles. The Hall–Kier alpha value is -2.98. The van der Waals surface area contributed by atoms with Gasteiger partial charge in [0.2, 0.25) is 5.95 Å². The number of hydrogen-bond acceptors (Lipinski definition) is 6. The van der Waals surface area contributed by atoms with Crippen LogP contribution in [0, 0.1) is 11.3 Å². The average Bonchev–Trinajstić information content (AvgIpc) is 3.32. The maximum absolute atomic E-state index is 13.0. The molecule has 2 aliphatic carbocycles. The fraction of sp³-hybridized carbons (Fsp3) is 0.520. The lowest BCUT2D eigenvalue weighted by Gasteiger charge is -2.35. The third kappa shape index (κ3) is 3.84. The standard InChI is InChI=1S/C25H30N6O/c1-16(2)30-10-9-17-12-21(8-7-18(17)15-30)28-25-27-14-20-11-19(13-26)24(32)31(23(20)29-25)22-5-3-4-6-22/h7,11-12,14,16,21-22H,3-6,8-10,15H2,1-2H3,(H,27,28,29). The van der Waals surface area contributed by atoms with Crippen molar-refractivity contribution in [3.8, 4) is 6.07 Å². The molecule has 1 unspecified atom stereocenters.